The maximum absolute atomic E-state index is 12.4. The van der Waals surface area contributed by atoms with Crippen molar-refractivity contribution >= 4 is 15.8 Å². The molecule has 0 unspecified atom stereocenters. The van der Waals surface area contributed by atoms with Gasteiger partial charge in [-0.2, -0.15) is 0 Å². The Hall–Kier alpha value is -2.14. The van der Waals surface area contributed by atoms with Gasteiger partial charge in [-0.05, 0) is 50.5 Å². The van der Waals surface area contributed by atoms with E-state index in [1.165, 1.54) is 0 Å². The van der Waals surface area contributed by atoms with Crippen molar-refractivity contribution in [1.82, 2.24) is 0 Å². The molecule has 4 nitrogen and oxygen atoms in total. The molecule has 0 amide bonds. The largest absolute Gasteiger partial charge is 0.481 e. The molecule has 0 fully saturated rings. The Morgan fingerprint density at radius 2 is 1.54 bits per heavy atom. The predicted molar refractivity (Wildman–Crippen MR) is 94.0 cm³/mol. The molecule has 0 aliphatic rings. The highest BCUT2D eigenvalue weighted by molar-refractivity contribution is 7.91. The highest BCUT2D eigenvalue weighted by Gasteiger charge is 2.29. The number of carbonyl (C=O) groups is 1. The van der Waals surface area contributed by atoms with Crippen molar-refractivity contribution in [3.8, 4) is 0 Å². The summed E-state index contributed by atoms with van der Waals surface area (Å²) in [6.07, 6.45) is 0.393. The van der Waals surface area contributed by atoms with E-state index >= 15 is 0 Å². The second-order valence-corrected chi connectivity index (χ2v) is 8.62. The average molecular weight is 346 g/mol. The zero-order chi connectivity index (χ0) is 18.0. The molecule has 0 aromatic heterocycles. The predicted octanol–water partition coefficient (Wildman–Crippen LogP) is 3.37. The molecule has 0 saturated heterocycles. The summed E-state index contributed by atoms with van der Waals surface area (Å²) in [7, 11) is -3.32. The summed E-state index contributed by atoms with van der Waals surface area (Å²) in [5.41, 5.74) is 1.62. The fourth-order valence-electron chi connectivity index (χ4n) is 2.33. The second kappa shape index (κ2) is 6.77. The van der Waals surface area contributed by atoms with Crippen molar-refractivity contribution in [1.29, 1.82) is 0 Å². The zero-order valence-electron chi connectivity index (χ0n) is 14.1. The third-order valence-corrected chi connectivity index (χ3v) is 5.98. The van der Waals surface area contributed by atoms with Gasteiger partial charge in [0.2, 0.25) is 0 Å². The van der Waals surface area contributed by atoms with Gasteiger partial charge in [-0.3, -0.25) is 4.79 Å². The van der Waals surface area contributed by atoms with Gasteiger partial charge in [0.05, 0.1) is 16.1 Å². The number of hydrogen-bond donors (Lipinski definition) is 1. The van der Waals surface area contributed by atoms with Gasteiger partial charge in [0, 0.05) is 0 Å². The van der Waals surface area contributed by atoms with Crippen LogP contribution in [0.25, 0.3) is 0 Å². The van der Waals surface area contributed by atoms with Crippen LogP contribution in [-0.4, -0.2) is 25.2 Å². The molecule has 0 saturated carbocycles. The maximum Gasteiger partial charge on any atom is 0.313 e. The molecule has 0 aliphatic carbocycles. The lowest BCUT2D eigenvalue weighted by Crippen LogP contribution is -2.28. The molecule has 2 aromatic rings. The molecule has 2 aromatic carbocycles. The number of benzene rings is 2. The first-order chi connectivity index (χ1) is 11.1. The minimum Gasteiger partial charge on any atom is -0.481 e. The molecule has 1 N–H and O–H groups in total. The Morgan fingerprint density at radius 3 is 2.04 bits per heavy atom. The highest BCUT2D eigenvalue weighted by atomic mass is 32.2. The van der Waals surface area contributed by atoms with E-state index in [0.29, 0.717) is 16.9 Å². The minimum absolute atomic E-state index is 0.0255. The number of aliphatic carboxylic acids is 1. The summed E-state index contributed by atoms with van der Waals surface area (Å²) in [6, 6.07) is 13.9. The Bertz CT molecular complexity index is 817. The zero-order valence-corrected chi connectivity index (χ0v) is 14.9. The van der Waals surface area contributed by atoms with Gasteiger partial charge in [0.25, 0.3) is 0 Å². The molecule has 5 heteroatoms. The van der Waals surface area contributed by atoms with E-state index in [1.807, 2.05) is 6.92 Å². The van der Waals surface area contributed by atoms with Crippen molar-refractivity contribution in [3.05, 3.63) is 65.2 Å². The van der Waals surface area contributed by atoms with Crippen LogP contribution in [0.5, 0.6) is 0 Å². The van der Waals surface area contributed by atoms with E-state index in [9.17, 15) is 18.3 Å². The molecule has 0 radical (unpaired) electrons. The smallest absolute Gasteiger partial charge is 0.313 e. The number of sulfone groups is 1. The first kappa shape index (κ1) is 18.2. The van der Waals surface area contributed by atoms with Gasteiger partial charge < -0.3 is 5.11 Å². The van der Waals surface area contributed by atoms with Crippen molar-refractivity contribution in [2.45, 2.75) is 37.5 Å². The molecular formula is C19H22O4S. The van der Waals surface area contributed by atoms with Gasteiger partial charge >= 0.3 is 5.97 Å². The van der Waals surface area contributed by atoms with Crippen molar-refractivity contribution < 1.29 is 18.3 Å². The van der Waals surface area contributed by atoms with E-state index in [4.69, 9.17) is 0 Å². The quantitative estimate of drug-likeness (QED) is 0.870. The average Bonchev–Trinajstić information content (AvgIpc) is 2.53. The molecule has 0 aliphatic heterocycles. The van der Waals surface area contributed by atoms with E-state index in [1.54, 1.807) is 62.4 Å². The van der Waals surface area contributed by atoms with E-state index in [0.717, 1.165) is 11.1 Å². The van der Waals surface area contributed by atoms with Crippen LogP contribution >= 0.6 is 0 Å². The Balaban J connectivity index is 2.09. The lowest BCUT2D eigenvalue weighted by Gasteiger charge is -2.19. The van der Waals surface area contributed by atoms with Gasteiger partial charge in [0.1, 0.15) is 0 Å². The fraction of sp³-hybridized carbons (Fsp3) is 0.316. The lowest BCUT2D eigenvalue weighted by atomic mass is 9.84. The molecule has 0 spiro atoms. The topological polar surface area (TPSA) is 71.4 Å². The number of carboxylic acids is 1. The number of hydrogen-bond acceptors (Lipinski definition) is 3. The van der Waals surface area contributed by atoms with Gasteiger partial charge in [0.15, 0.2) is 9.84 Å². The standard InChI is InChI=1S/C19H22O4S/c1-14-4-10-17(11-5-14)24(22,23)13-12-15-6-8-16(9-7-15)19(2,3)18(20)21/h4-11H,12-13H2,1-3H3,(H,20,21). The minimum atomic E-state index is -3.32. The van der Waals surface area contributed by atoms with Crippen LogP contribution in [0.2, 0.25) is 0 Å². The normalized spacial score (nSPS) is 12.1. The summed E-state index contributed by atoms with van der Waals surface area (Å²) in [6.45, 7) is 5.20. The summed E-state index contributed by atoms with van der Waals surface area (Å²) in [5, 5.41) is 9.24. The summed E-state index contributed by atoms with van der Waals surface area (Å²) < 4.78 is 24.7. The molecule has 128 valence electrons. The van der Waals surface area contributed by atoms with Gasteiger partial charge in [-0.25, -0.2) is 8.42 Å². The van der Waals surface area contributed by atoms with Crippen LogP contribution in [0.1, 0.15) is 30.5 Å². The number of aryl methyl sites for hydroxylation is 2. The monoisotopic (exact) mass is 346 g/mol. The Labute approximate surface area is 143 Å². The third-order valence-electron chi connectivity index (χ3n) is 4.25. The molecule has 0 bridgehead atoms. The van der Waals surface area contributed by atoms with Gasteiger partial charge in [-0.15, -0.1) is 0 Å². The van der Waals surface area contributed by atoms with Crippen molar-refractivity contribution in [2.75, 3.05) is 5.75 Å². The van der Waals surface area contributed by atoms with Crippen LogP contribution in [0, 0.1) is 6.92 Å². The Kier molecular flexibility index (Phi) is 5.13. The summed E-state index contributed by atoms with van der Waals surface area (Å²) >= 11 is 0. The van der Waals surface area contributed by atoms with Crippen molar-refractivity contribution in [3.63, 3.8) is 0 Å². The van der Waals surface area contributed by atoms with E-state index in [-0.39, 0.29) is 5.75 Å². The van der Waals surface area contributed by atoms with Crippen LogP contribution < -0.4 is 0 Å². The SMILES string of the molecule is Cc1ccc(S(=O)(=O)CCc2ccc(C(C)(C)C(=O)O)cc2)cc1. The van der Waals surface area contributed by atoms with E-state index < -0.39 is 21.2 Å². The Morgan fingerprint density at radius 1 is 1.00 bits per heavy atom. The fourth-order valence-corrected chi connectivity index (χ4v) is 3.62. The third kappa shape index (κ3) is 4.03. The van der Waals surface area contributed by atoms with Gasteiger partial charge in [-0.1, -0.05) is 42.0 Å². The molecule has 2 rings (SSSR count). The summed E-state index contributed by atoms with van der Waals surface area (Å²) in [5.74, 6) is -0.866. The highest BCUT2D eigenvalue weighted by Crippen LogP contribution is 2.24. The van der Waals surface area contributed by atoms with E-state index in [2.05, 4.69) is 0 Å². The number of rotatable bonds is 6. The molecule has 0 atom stereocenters. The van der Waals surface area contributed by atoms with Crippen molar-refractivity contribution in [2.24, 2.45) is 0 Å². The first-order valence-corrected chi connectivity index (χ1v) is 9.40. The van der Waals surface area contributed by atoms with Crippen LogP contribution in [-0.2, 0) is 26.5 Å². The summed E-state index contributed by atoms with van der Waals surface area (Å²) in [4.78, 5) is 11.6. The molecular weight excluding hydrogens is 324 g/mol. The van der Waals surface area contributed by atoms with Crippen LogP contribution in [0.4, 0.5) is 0 Å². The van der Waals surface area contributed by atoms with Crippen LogP contribution in [0.15, 0.2) is 53.4 Å². The maximum atomic E-state index is 12.4. The molecule has 0 heterocycles. The number of carboxylic acid groups (broad SMARTS) is 1. The second-order valence-electron chi connectivity index (χ2n) is 6.51. The lowest BCUT2D eigenvalue weighted by molar-refractivity contribution is -0.142. The van der Waals surface area contributed by atoms with Crippen LogP contribution in [0.3, 0.4) is 0 Å². The first-order valence-electron chi connectivity index (χ1n) is 7.75. The molecule has 24 heavy (non-hydrogen) atoms.